The van der Waals surface area contributed by atoms with Crippen LogP contribution in [0.5, 0.6) is 0 Å². The number of rotatable bonds is 4. The van der Waals surface area contributed by atoms with Gasteiger partial charge in [-0.1, -0.05) is 30.3 Å². The average Bonchev–Trinajstić information content (AvgIpc) is 2.97. The normalized spacial score (nSPS) is 11.3. The molecular formula is C14H12N2O3. The van der Waals surface area contributed by atoms with Gasteiger partial charge in [0, 0.05) is 0 Å². The third kappa shape index (κ3) is 3.61. The van der Waals surface area contributed by atoms with E-state index in [1.165, 1.54) is 6.26 Å². The standard InChI is InChI=1S/C14H12N2O3/c15-9-12(13-7-4-8-18-13)16-14(17)19-10-11-5-2-1-3-6-11/h1-8,12H,10H2,(H,16,17). The second-order valence-electron chi connectivity index (χ2n) is 3.78. The van der Waals surface area contributed by atoms with Crippen LogP contribution in [0.1, 0.15) is 17.4 Å². The number of hydrogen-bond donors (Lipinski definition) is 1. The fourth-order valence-electron chi connectivity index (χ4n) is 1.51. The molecule has 1 N–H and O–H groups in total. The summed E-state index contributed by atoms with van der Waals surface area (Å²) in [7, 11) is 0. The second kappa shape index (κ2) is 6.26. The topological polar surface area (TPSA) is 75.3 Å². The first kappa shape index (κ1) is 12.7. The van der Waals surface area contributed by atoms with Crippen LogP contribution >= 0.6 is 0 Å². The molecule has 0 fully saturated rings. The van der Waals surface area contributed by atoms with Gasteiger partial charge in [0.05, 0.1) is 12.3 Å². The molecule has 0 saturated carbocycles. The highest BCUT2D eigenvalue weighted by molar-refractivity contribution is 5.68. The molecule has 19 heavy (non-hydrogen) atoms. The maximum atomic E-state index is 11.6. The summed E-state index contributed by atoms with van der Waals surface area (Å²) in [5, 5.41) is 11.4. The molecule has 0 bridgehead atoms. The lowest BCUT2D eigenvalue weighted by Gasteiger charge is -2.09. The number of carbonyl (C=O) groups excluding carboxylic acids is 1. The van der Waals surface area contributed by atoms with Crippen molar-refractivity contribution >= 4 is 6.09 Å². The van der Waals surface area contributed by atoms with E-state index in [-0.39, 0.29) is 6.61 Å². The number of hydrogen-bond acceptors (Lipinski definition) is 4. The fraction of sp³-hybridized carbons (Fsp3) is 0.143. The van der Waals surface area contributed by atoms with Crippen LogP contribution in [0, 0.1) is 11.3 Å². The van der Waals surface area contributed by atoms with Crippen molar-refractivity contribution in [1.82, 2.24) is 5.32 Å². The third-order valence-corrected chi connectivity index (χ3v) is 2.43. The van der Waals surface area contributed by atoms with Crippen molar-refractivity contribution in [2.45, 2.75) is 12.6 Å². The van der Waals surface area contributed by atoms with Crippen LogP contribution in [-0.2, 0) is 11.3 Å². The SMILES string of the molecule is N#CC(NC(=O)OCc1ccccc1)c1ccco1. The Morgan fingerprint density at radius 1 is 1.32 bits per heavy atom. The molecular weight excluding hydrogens is 244 g/mol. The molecule has 0 radical (unpaired) electrons. The van der Waals surface area contributed by atoms with Crippen molar-refractivity contribution in [3.05, 3.63) is 60.1 Å². The minimum Gasteiger partial charge on any atom is -0.466 e. The maximum Gasteiger partial charge on any atom is 0.408 e. The van der Waals surface area contributed by atoms with E-state index in [9.17, 15) is 4.79 Å². The molecule has 5 nitrogen and oxygen atoms in total. The molecule has 0 saturated heterocycles. The van der Waals surface area contributed by atoms with Crippen LogP contribution < -0.4 is 5.32 Å². The van der Waals surface area contributed by atoms with Gasteiger partial charge >= 0.3 is 6.09 Å². The summed E-state index contributed by atoms with van der Waals surface area (Å²) in [6, 6.07) is 13.6. The highest BCUT2D eigenvalue weighted by Crippen LogP contribution is 2.12. The summed E-state index contributed by atoms with van der Waals surface area (Å²) in [5.74, 6) is 0.374. The smallest absolute Gasteiger partial charge is 0.408 e. The van der Waals surface area contributed by atoms with Crippen LogP contribution in [0.25, 0.3) is 0 Å². The van der Waals surface area contributed by atoms with Crippen LogP contribution in [-0.4, -0.2) is 6.09 Å². The first-order valence-corrected chi connectivity index (χ1v) is 5.70. The Hall–Kier alpha value is -2.74. The molecule has 1 aromatic heterocycles. The Balaban J connectivity index is 1.86. The van der Waals surface area contributed by atoms with Crippen LogP contribution in [0.3, 0.4) is 0 Å². The zero-order valence-electron chi connectivity index (χ0n) is 10.1. The van der Waals surface area contributed by atoms with E-state index >= 15 is 0 Å². The van der Waals surface area contributed by atoms with Gasteiger partial charge in [0.25, 0.3) is 0 Å². The van der Waals surface area contributed by atoms with Gasteiger partial charge in [-0.25, -0.2) is 4.79 Å². The van der Waals surface area contributed by atoms with Gasteiger partial charge in [-0.2, -0.15) is 5.26 Å². The summed E-state index contributed by atoms with van der Waals surface area (Å²) in [6.45, 7) is 0.156. The number of amides is 1. The predicted octanol–water partition coefficient (Wildman–Crippen LogP) is 2.77. The van der Waals surface area contributed by atoms with Crippen molar-refractivity contribution in [2.24, 2.45) is 0 Å². The first-order chi connectivity index (χ1) is 9.29. The number of nitriles is 1. The van der Waals surface area contributed by atoms with Crippen molar-refractivity contribution in [3.63, 3.8) is 0 Å². The van der Waals surface area contributed by atoms with Crippen LogP contribution in [0.2, 0.25) is 0 Å². The van der Waals surface area contributed by atoms with Crippen molar-refractivity contribution in [2.75, 3.05) is 0 Å². The lowest BCUT2D eigenvalue weighted by molar-refractivity contribution is 0.136. The molecule has 2 aromatic rings. The van der Waals surface area contributed by atoms with Gasteiger partial charge < -0.3 is 9.15 Å². The van der Waals surface area contributed by atoms with E-state index in [2.05, 4.69) is 5.32 Å². The largest absolute Gasteiger partial charge is 0.466 e. The molecule has 1 atom stereocenters. The first-order valence-electron chi connectivity index (χ1n) is 5.70. The molecule has 1 unspecified atom stereocenters. The molecule has 0 spiro atoms. The second-order valence-corrected chi connectivity index (χ2v) is 3.78. The van der Waals surface area contributed by atoms with Crippen molar-refractivity contribution < 1.29 is 13.9 Å². The molecule has 5 heteroatoms. The molecule has 96 valence electrons. The average molecular weight is 256 g/mol. The summed E-state index contributed by atoms with van der Waals surface area (Å²) < 4.78 is 10.1. The van der Waals surface area contributed by atoms with Crippen molar-refractivity contribution in [3.8, 4) is 6.07 Å². The number of alkyl carbamates (subject to hydrolysis) is 1. The van der Waals surface area contributed by atoms with E-state index in [0.717, 1.165) is 5.56 Å². The van der Waals surface area contributed by atoms with Crippen LogP contribution in [0.4, 0.5) is 4.79 Å². The minimum absolute atomic E-state index is 0.156. The van der Waals surface area contributed by atoms with Gasteiger partial charge in [0.15, 0.2) is 6.04 Å². The Kier molecular flexibility index (Phi) is 4.19. The Labute approximate surface area is 110 Å². The Morgan fingerprint density at radius 2 is 2.11 bits per heavy atom. The molecule has 0 aliphatic carbocycles. The molecule has 1 amide bonds. The summed E-state index contributed by atoms with van der Waals surface area (Å²) in [6.07, 6.45) is 0.781. The zero-order valence-corrected chi connectivity index (χ0v) is 10.1. The summed E-state index contributed by atoms with van der Waals surface area (Å²) in [5.41, 5.74) is 0.879. The highest BCUT2D eigenvalue weighted by atomic mass is 16.5. The minimum atomic E-state index is -0.849. The quantitative estimate of drug-likeness (QED) is 0.912. The van der Waals surface area contributed by atoms with E-state index in [0.29, 0.717) is 5.76 Å². The van der Waals surface area contributed by atoms with Gasteiger partial charge in [-0.15, -0.1) is 0 Å². The van der Waals surface area contributed by atoms with Gasteiger partial charge in [0.1, 0.15) is 12.4 Å². The molecule has 1 aromatic carbocycles. The maximum absolute atomic E-state index is 11.6. The molecule has 2 rings (SSSR count). The van der Waals surface area contributed by atoms with E-state index in [1.807, 2.05) is 36.4 Å². The fourth-order valence-corrected chi connectivity index (χ4v) is 1.51. The van der Waals surface area contributed by atoms with E-state index in [4.69, 9.17) is 14.4 Å². The number of ether oxygens (including phenoxy) is 1. The van der Waals surface area contributed by atoms with Crippen molar-refractivity contribution in [1.29, 1.82) is 5.26 Å². The highest BCUT2D eigenvalue weighted by Gasteiger charge is 2.16. The summed E-state index contributed by atoms with van der Waals surface area (Å²) >= 11 is 0. The lowest BCUT2D eigenvalue weighted by Crippen LogP contribution is -2.27. The predicted molar refractivity (Wildman–Crippen MR) is 66.8 cm³/mol. The number of carbonyl (C=O) groups is 1. The summed E-state index contributed by atoms with van der Waals surface area (Å²) in [4.78, 5) is 11.6. The zero-order chi connectivity index (χ0) is 13.5. The molecule has 0 aliphatic heterocycles. The van der Waals surface area contributed by atoms with E-state index < -0.39 is 12.1 Å². The van der Waals surface area contributed by atoms with Gasteiger partial charge in [0.2, 0.25) is 0 Å². The number of furan rings is 1. The van der Waals surface area contributed by atoms with Crippen LogP contribution in [0.15, 0.2) is 53.1 Å². The van der Waals surface area contributed by atoms with Gasteiger partial charge in [-0.05, 0) is 17.7 Å². The Bertz CT molecular complexity index is 558. The van der Waals surface area contributed by atoms with E-state index in [1.54, 1.807) is 12.1 Å². The monoisotopic (exact) mass is 256 g/mol. The Morgan fingerprint density at radius 3 is 2.74 bits per heavy atom. The lowest BCUT2D eigenvalue weighted by atomic mass is 10.2. The number of nitrogens with zero attached hydrogens (tertiary/aromatic N) is 1. The third-order valence-electron chi connectivity index (χ3n) is 2.43. The molecule has 1 heterocycles. The van der Waals surface area contributed by atoms with Gasteiger partial charge in [-0.3, -0.25) is 5.32 Å². The number of nitrogens with one attached hydrogen (secondary N) is 1. The number of benzene rings is 1. The molecule has 0 aliphatic rings.